The van der Waals surface area contributed by atoms with Gasteiger partial charge in [-0.3, -0.25) is 9.78 Å². The molecule has 0 saturated carbocycles. The van der Waals surface area contributed by atoms with Crippen molar-refractivity contribution in [3.05, 3.63) is 58.6 Å². The van der Waals surface area contributed by atoms with E-state index in [1.807, 2.05) is 19.1 Å². The second-order valence-corrected chi connectivity index (χ2v) is 4.94. The third-order valence-corrected chi connectivity index (χ3v) is 3.28. The van der Waals surface area contributed by atoms with Gasteiger partial charge in [-0.05, 0) is 36.8 Å². The number of likely N-dealkylation sites (N-methyl/N-ethyl adjacent to an activating group) is 1. The second kappa shape index (κ2) is 6.01. The highest BCUT2D eigenvalue weighted by molar-refractivity contribution is 6.31. The minimum atomic E-state index is -0.501. The standard InChI is InChI=1S/C15H14ClFN2O/c1-10-3-4-11(9-18-10)7-15(20)19(2)12-5-6-14(17)13(16)8-12/h3-6,8-9H,7H2,1-2H3. The van der Waals surface area contributed by atoms with E-state index in [-0.39, 0.29) is 17.4 Å². The normalized spacial score (nSPS) is 10.4. The van der Waals surface area contributed by atoms with Gasteiger partial charge in [-0.15, -0.1) is 0 Å². The molecular formula is C15H14ClFN2O. The summed E-state index contributed by atoms with van der Waals surface area (Å²) in [6.07, 6.45) is 1.91. The van der Waals surface area contributed by atoms with E-state index in [1.54, 1.807) is 13.2 Å². The fourth-order valence-corrected chi connectivity index (χ4v) is 1.91. The molecule has 1 aromatic carbocycles. The lowest BCUT2D eigenvalue weighted by molar-refractivity contribution is -0.117. The Morgan fingerprint density at radius 1 is 1.35 bits per heavy atom. The van der Waals surface area contributed by atoms with Crippen molar-refractivity contribution in [1.82, 2.24) is 4.98 Å². The molecule has 0 aliphatic rings. The van der Waals surface area contributed by atoms with Crippen LogP contribution >= 0.6 is 11.6 Å². The number of hydrogen-bond acceptors (Lipinski definition) is 2. The monoisotopic (exact) mass is 292 g/mol. The summed E-state index contributed by atoms with van der Waals surface area (Å²) in [4.78, 5) is 17.8. The van der Waals surface area contributed by atoms with Crippen molar-refractivity contribution >= 4 is 23.2 Å². The van der Waals surface area contributed by atoms with Gasteiger partial charge in [-0.25, -0.2) is 4.39 Å². The van der Waals surface area contributed by atoms with Gasteiger partial charge in [0, 0.05) is 24.6 Å². The van der Waals surface area contributed by atoms with Crippen molar-refractivity contribution in [3.8, 4) is 0 Å². The number of aromatic nitrogens is 1. The van der Waals surface area contributed by atoms with E-state index < -0.39 is 5.82 Å². The maximum atomic E-state index is 13.1. The average molecular weight is 293 g/mol. The van der Waals surface area contributed by atoms with Crippen LogP contribution in [0.2, 0.25) is 5.02 Å². The number of hydrogen-bond donors (Lipinski definition) is 0. The second-order valence-electron chi connectivity index (χ2n) is 4.54. The Bertz CT molecular complexity index is 628. The number of halogens is 2. The van der Waals surface area contributed by atoms with E-state index in [4.69, 9.17) is 11.6 Å². The molecule has 0 aliphatic heterocycles. The zero-order valence-corrected chi connectivity index (χ0v) is 12.0. The van der Waals surface area contributed by atoms with Gasteiger partial charge in [0.2, 0.25) is 5.91 Å². The fourth-order valence-electron chi connectivity index (χ4n) is 1.73. The fraction of sp³-hybridized carbons (Fsp3) is 0.200. The summed E-state index contributed by atoms with van der Waals surface area (Å²) in [5.41, 5.74) is 2.29. The number of aryl methyl sites for hydroxylation is 1. The molecule has 1 amide bonds. The summed E-state index contributed by atoms with van der Waals surface area (Å²) < 4.78 is 13.1. The van der Waals surface area contributed by atoms with E-state index in [2.05, 4.69) is 4.98 Å². The van der Waals surface area contributed by atoms with Gasteiger partial charge in [0.15, 0.2) is 0 Å². The van der Waals surface area contributed by atoms with Crippen LogP contribution < -0.4 is 4.90 Å². The molecule has 104 valence electrons. The van der Waals surface area contributed by atoms with Crippen LogP contribution in [0.1, 0.15) is 11.3 Å². The molecule has 0 unspecified atom stereocenters. The molecule has 1 aromatic heterocycles. The Morgan fingerprint density at radius 2 is 2.10 bits per heavy atom. The highest BCUT2D eigenvalue weighted by Gasteiger charge is 2.13. The first-order chi connectivity index (χ1) is 9.47. The van der Waals surface area contributed by atoms with E-state index in [9.17, 15) is 9.18 Å². The van der Waals surface area contributed by atoms with Gasteiger partial charge in [0.25, 0.3) is 0 Å². The Kier molecular flexibility index (Phi) is 4.35. The molecule has 3 nitrogen and oxygen atoms in total. The lowest BCUT2D eigenvalue weighted by atomic mass is 10.1. The Morgan fingerprint density at radius 3 is 2.70 bits per heavy atom. The molecular weight excluding hydrogens is 279 g/mol. The van der Waals surface area contributed by atoms with Crippen molar-refractivity contribution in [2.45, 2.75) is 13.3 Å². The zero-order chi connectivity index (χ0) is 14.7. The minimum Gasteiger partial charge on any atom is -0.315 e. The number of amides is 1. The van der Waals surface area contributed by atoms with Gasteiger partial charge >= 0.3 is 0 Å². The van der Waals surface area contributed by atoms with Crippen LogP contribution in [-0.4, -0.2) is 17.9 Å². The van der Waals surface area contributed by atoms with Crippen LogP contribution in [0.15, 0.2) is 36.5 Å². The maximum Gasteiger partial charge on any atom is 0.231 e. The maximum absolute atomic E-state index is 13.1. The number of carbonyl (C=O) groups excluding carboxylic acids is 1. The van der Waals surface area contributed by atoms with Crippen molar-refractivity contribution in [1.29, 1.82) is 0 Å². The lowest BCUT2D eigenvalue weighted by Crippen LogP contribution is -2.27. The minimum absolute atomic E-state index is 0.000785. The van der Waals surface area contributed by atoms with Crippen molar-refractivity contribution in [2.75, 3.05) is 11.9 Å². The summed E-state index contributed by atoms with van der Waals surface area (Å²) in [7, 11) is 1.63. The van der Waals surface area contributed by atoms with Crippen LogP contribution in [0.3, 0.4) is 0 Å². The largest absolute Gasteiger partial charge is 0.315 e. The first-order valence-corrected chi connectivity index (χ1v) is 6.48. The van der Waals surface area contributed by atoms with Crippen molar-refractivity contribution in [3.63, 3.8) is 0 Å². The zero-order valence-electron chi connectivity index (χ0n) is 11.2. The van der Waals surface area contributed by atoms with Crippen molar-refractivity contribution in [2.24, 2.45) is 0 Å². The van der Waals surface area contributed by atoms with Crippen LogP contribution in [0, 0.1) is 12.7 Å². The first kappa shape index (κ1) is 14.5. The predicted octanol–water partition coefficient (Wildman–Crippen LogP) is 3.39. The molecule has 5 heteroatoms. The molecule has 0 bridgehead atoms. The van der Waals surface area contributed by atoms with Gasteiger partial charge in [-0.1, -0.05) is 17.7 Å². The third-order valence-electron chi connectivity index (χ3n) is 2.99. The highest BCUT2D eigenvalue weighted by Crippen LogP contribution is 2.22. The van der Waals surface area contributed by atoms with Crippen LogP contribution in [0.25, 0.3) is 0 Å². The molecule has 0 aliphatic carbocycles. The molecule has 2 aromatic rings. The molecule has 20 heavy (non-hydrogen) atoms. The Balaban J connectivity index is 2.11. The summed E-state index contributed by atoms with van der Waals surface area (Å²) >= 11 is 5.72. The Hall–Kier alpha value is -1.94. The van der Waals surface area contributed by atoms with Crippen LogP contribution in [0.5, 0.6) is 0 Å². The predicted molar refractivity (Wildman–Crippen MR) is 77.5 cm³/mol. The first-order valence-electron chi connectivity index (χ1n) is 6.10. The number of anilines is 1. The topological polar surface area (TPSA) is 33.2 Å². The van der Waals surface area contributed by atoms with E-state index in [0.717, 1.165) is 11.3 Å². The molecule has 0 N–H and O–H groups in total. The molecule has 0 saturated heterocycles. The smallest absolute Gasteiger partial charge is 0.231 e. The summed E-state index contributed by atoms with van der Waals surface area (Å²) in [5, 5.41) is -0.000785. The molecule has 0 radical (unpaired) electrons. The number of rotatable bonds is 3. The highest BCUT2D eigenvalue weighted by atomic mass is 35.5. The summed E-state index contributed by atoms with van der Waals surface area (Å²) in [6, 6.07) is 7.92. The third kappa shape index (κ3) is 3.33. The van der Waals surface area contributed by atoms with E-state index in [0.29, 0.717) is 5.69 Å². The lowest BCUT2D eigenvalue weighted by Gasteiger charge is -2.17. The average Bonchev–Trinajstić information content (AvgIpc) is 2.43. The number of carbonyl (C=O) groups is 1. The quantitative estimate of drug-likeness (QED) is 0.869. The summed E-state index contributed by atoms with van der Waals surface area (Å²) in [6.45, 7) is 1.89. The van der Waals surface area contributed by atoms with Gasteiger partial charge in [0.1, 0.15) is 5.82 Å². The summed E-state index contributed by atoms with van der Waals surface area (Å²) in [5.74, 6) is -0.614. The van der Waals surface area contributed by atoms with E-state index in [1.165, 1.54) is 23.1 Å². The molecule has 1 heterocycles. The van der Waals surface area contributed by atoms with Crippen molar-refractivity contribution < 1.29 is 9.18 Å². The molecule has 0 spiro atoms. The number of nitrogens with zero attached hydrogens (tertiary/aromatic N) is 2. The van der Waals surface area contributed by atoms with Crippen LogP contribution in [-0.2, 0) is 11.2 Å². The molecule has 2 rings (SSSR count). The SMILES string of the molecule is Cc1ccc(CC(=O)N(C)c2ccc(F)c(Cl)c2)cn1. The molecule has 0 atom stereocenters. The van der Waals surface area contributed by atoms with Gasteiger partial charge in [-0.2, -0.15) is 0 Å². The van der Waals surface area contributed by atoms with E-state index >= 15 is 0 Å². The number of benzene rings is 1. The Labute approximate surface area is 122 Å². The number of pyridine rings is 1. The van der Waals surface area contributed by atoms with Crippen LogP contribution in [0.4, 0.5) is 10.1 Å². The molecule has 0 fully saturated rings. The van der Waals surface area contributed by atoms with Gasteiger partial charge in [0.05, 0.1) is 11.4 Å². The van der Waals surface area contributed by atoms with Gasteiger partial charge < -0.3 is 4.90 Å².